The fraction of sp³-hybridized carbons (Fsp3) is 0.263. The molecule has 7 heteroatoms. The van der Waals surface area contributed by atoms with Crippen molar-refractivity contribution < 1.29 is 9.53 Å². The number of benzene rings is 2. The quantitative estimate of drug-likeness (QED) is 0.536. The molecule has 1 amide bonds. The molecule has 0 radical (unpaired) electrons. The molecule has 0 spiro atoms. The highest BCUT2D eigenvalue weighted by Crippen LogP contribution is 2.33. The number of nitrogens with zero attached hydrogens (tertiary/aromatic N) is 2. The van der Waals surface area contributed by atoms with Crippen LogP contribution in [0.2, 0.25) is 5.02 Å². The van der Waals surface area contributed by atoms with E-state index >= 15 is 0 Å². The van der Waals surface area contributed by atoms with E-state index in [-0.39, 0.29) is 12.0 Å². The molecule has 4 nitrogen and oxygen atoms in total. The molecule has 0 N–H and O–H groups in total. The monoisotopic (exact) mass is 450 g/mol. The van der Waals surface area contributed by atoms with Crippen LogP contribution in [-0.2, 0) is 0 Å². The Kier molecular flexibility index (Phi) is 5.16. The number of carbonyl (C=O) groups is 1. The van der Waals surface area contributed by atoms with E-state index in [2.05, 4.69) is 20.9 Å². The summed E-state index contributed by atoms with van der Waals surface area (Å²) in [5.74, 6) is 0.0662. The molecule has 0 bridgehead atoms. The van der Waals surface area contributed by atoms with Crippen LogP contribution in [-0.4, -0.2) is 35.0 Å². The molecule has 1 aliphatic heterocycles. The van der Waals surface area contributed by atoms with Gasteiger partial charge in [-0.25, -0.2) is 4.98 Å². The van der Waals surface area contributed by atoms with Gasteiger partial charge in [0.05, 0.1) is 9.72 Å². The van der Waals surface area contributed by atoms with Gasteiger partial charge in [0.1, 0.15) is 11.6 Å². The van der Waals surface area contributed by atoms with Crippen LogP contribution in [0.15, 0.2) is 46.9 Å². The first-order valence-corrected chi connectivity index (χ1v) is 10.4. The number of carbonyl (C=O) groups excluding carboxylic acids is 1. The van der Waals surface area contributed by atoms with Gasteiger partial charge in [0.2, 0.25) is 0 Å². The summed E-state index contributed by atoms with van der Waals surface area (Å²) < 4.78 is 7.99. The normalized spacial score (nSPS) is 15.4. The zero-order valence-electron chi connectivity index (χ0n) is 13.8. The van der Waals surface area contributed by atoms with Crippen molar-refractivity contribution in [3.8, 4) is 5.19 Å². The molecule has 0 aliphatic carbocycles. The van der Waals surface area contributed by atoms with Gasteiger partial charge < -0.3 is 9.64 Å². The summed E-state index contributed by atoms with van der Waals surface area (Å²) in [5.41, 5.74) is 1.50. The maximum Gasteiger partial charge on any atom is 0.274 e. The summed E-state index contributed by atoms with van der Waals surface area (Å²) in [6.45, 7) is 1.36. The van der Waals surface area contributed by atoms with Gasteiger partial charge in [-0.2, -0.15) is 0 Å². The average molecular weight is 452 g/mol. The zero-order valence-corrected chi connectivity index (χ0v) is 17.0. The second-order valence-electron chi connectivity index (χ2n) is 6.19. The van der Waals surface area contributed by atoms with E-state index in [4.69, 9.17) is 16.3 Å². The molecular formula is C19H16BrClN2O2S. The molecule has 1 fully saturated rings. The maximum atomic E-state index is 12.6. The number of halogens is 2. The fourth-order valence-corrected chi connectivity index (χ4v) is 4.65. The van der Waals surface area contributed by atoms with E-state index in [0.29, 0.717) is 28.9 Å². The predicted molar refractivity (Wildman–Crippen MR) is 108 cm³/mol. The third kappa shape index (κ3) is 3.72. The number of fused-ring (bicyclic) bond motifs is 1. The van der Waals surface area contributed by atoms with Crippen molar-refractivity contribution in [2.45, 2.75) is 18.9 Å². The molecule has 0 unspecified atom stereocenters. The predicted octanol–water partition coefficient (Wildman–Crippen LogP) is 5.40. The van der Waals surface area contributed by atoms with Crippen LogP contribution in [0.4, 0.5) is 0 Å². The summed E-state index contributed by atoms with van der Waals surface area (Å²) in [6, 6.07) is 13.2. The summed E-state index contributed by atoms with van der Waals surface area (Å²) >= 11 is 11.1. The van der Waals surface area contributed by atoms with Gasteiger partial charge in [0.15, 0.2) is 0 Å². The molecule has 2 aromatic carbocycles. The van der Waals surface area contributed by atoms with E-state index in [1.807, 2.05) is 47.4 Å². The third-order valence-electron chi connectivity index (χ3n) is 4.42. The van der Waals surface area contributed by atoms with Crippen molar-refractivity contribution in [2.75, 3.05) is 13.1 Å². The van der Waals surface area contributed by atoms with Crippen LogP contribution in [0.1, 0.15) is 23.2 Å². The topological polar surface area (TPSA) is 42.4 Å². The van der Waals surface area contributed by atoms with Gasteiger partial charge in [-0.1, -0.05) is 51.0 Å². The first kappa shape index (κ1) is 17.8. The molecule has 3 aromatic rings. The average Bonchev–Trinajstić information content (AvgIpc) is 3.06. The molecule has 2 heterocycles. The van der Waals surface area contributed by atoms with Crippen LogP contribution in [0.3, 0.4) is 0 Å². The molecule has 4 rings (SSSR count). The summed E-state index contributed by atoms with van der Waals surface area (Å²) in [4.78, 5) is 19.0. The van der Waals surface area contributed by atoms with E-state index in [1.165, 1.54) is 11.3 Å². The number of hydrogen-bond acceptors (Lipinski definition) is 4. The van der Waals surface area contributed by atoms with Crippen molar-refractivity contribution in [1.29, 1.82) is 0 Å². The minimum Gasteiger partial charge on any atom is -0.467 e. The second kappa shape index (κ2) is 7.55. The van der Waals surface area contributed by atoms with Gasteiger partial charge in [0, 0.05) is 36.0 Å². The number of aromatic nitrogens is 1. The number of rotatable bonds is 3. The molecule has 1 aliphatic rings. The summed E-state index contributed by atoms with van der Waals surface area (Å²) in [7, 11) is 0. The molecule has 26 heavy (non-hydrogen) atoms. The lowest BCUT2D eigenvalue weighted by Gasteiger charge is -2.31. The number of piperidine rings is 1. The lowest BCUT2D eigenvalue weighted by atomic mass is 10.1. The standard InChI is InChI=1S/C19H16BrClN2O2S/c20-13-4-1-3-12(11-13)18(24)23-9-7-14(8-10-23)25-19-22-17-15(21)5-2-6-16(17)26-19/h1-6,11,14H,7-10H2. The second-order valence-corrected chi connectivity index (χ2v) is 8.50. The van der Waals surface area contributed by atoms with Gasteiger partial charge in [0.25, 0.3) is 11.1 Å². The lowest BCUT2D eigenvalue weighted by molar-refractivity contribution is 0.0595. The number of likely N-dealkylation sites (tertiary alicyclic amines) is 1. The van der Waals surface area contributed by atoms with Gasteiger partial charge in [-0.15, -0.1) is 0 Å². The number of thiazole rings is 1. The Hall–Kier alpha value is -1.63. The van der Waals surface area contributed by atoms with Crippen molar-refractivity contribution in [2.24, 2.45) is 0 Å². The van der Waals surface area contributed by atoms with Crippen molar-refractivity contribution in [3.05, 3.63) is 57.5 Å². The van der Waals surface area contributed by atoms with Crippen molar-refractivity contribution in [3.63, 3.8) is 0 Å². The van der Waals surface area contributed by atoms with Crippen LogP contribution < -0.4 is 4.74 Å². The number of ether oxygens (including phenoxy) is 1. The Morgan fingerprint density at radius 1 is 1.23 bits per heavy atom. The SMILES string of the molecule is O=C(c1cccc(Br)c1)N1CCC(Oc2nc3c(Cl)cccc3s2)CC1. The third-order valence-corrected chi connectivity index (χ3v) is 6.13. The number of hydrogen-bond donors (Lipinski definition) is 0. The molecular weight excluding hydrogens is 436 g/mol. The van der Waals surface area contributed by atoms with Gasteiger partial charge in [-0.3, -0.25) is 4.79 Å². The largest absolute Gasteiger partial charge is 0.467 e. The molecule has 0 saturated carbocycles. The number of para-hydroxylation sites is 1. The molecule has 1 saturated heterocycles. The smallest absolute Gasteiger partial charge is 0.274 e. The van der Waals surface area contributed by atoms with E-state index in [1.54, 1.807) is 0 Å². The van der Waals surface area contributed by atoms with Crippen molar-refractivity contribution >= 4 is 55.0 Å². The Labute approximate surface area is 168 Å². The fourth-order valence-electron chi connectivity index (χ4n) is 3.07. The van der Waals surface area contributed by atoms with E-state index in [9.17, 15) is 4.79 Å². The first-order valence-electron chi connectivity index (χ1n) is 8.37. The van der Waals surface area contributed by atoms with Crippen LogP contribution >= 0.6 is 38.9 Å². The Morgan fingerprint density at radius 2 is 2.00 bits per heavy atom. The van der Waals surface area contributed by atoms with E-state index < -0.39 is 0 Å². The molecule has 134 valence electrons. The van der Waals surface area contributed by atoms with Crippen LogP contribution in [0.5, 0.6) is 5.19 Å². The van der Waals surface area contributed by atoms with Crippen molar-refractivity contribution in [1.82, 2.24) is 9.88 Å². The minimum absolute atomic E-state index is 0.0662. The Balaban J connectivity index is 1.38. The highest BCUT2D eigenvalue weighted by atomic mass is 79.9. The first-order chi connectivity index (χ1) is 12.6. The van der Waals surface area contributed by atoms with Crippen LogP contribution in [0.25, 0.3) is 10.2 Å². The summed E-state index contributed by atoms with van der Waals surface area (Å²) in [5, 5.41) is 1.29. The molecule has 0 atom stereocenters. The Bertz CT molecular complexity index is 954. The van der Waals surface area contributed by atoms with E-state index in [0.717, 1.165) is 27.5 Å². The number of amides is 1. The minimum atomic E-state index is 0.0662. The Morgan fingerprint density at radius 3 is 2.73 bits per heavy atom. The van der Waals surface area contributed by atoms with Gasteiger partial charge in [-0.05, 0) is 30.3 Å². The highest BCUT2D eigenvalue weighted by Gasteiger charge is 2.25. The van der Waals surface area contributed by atoms with Crippen LogP contribution in [0, 0.1) is 0 Å². The zero-order chi connectivity index (χ0) is 18.1. The van der Waals surface area contributed by atoms with Gasteiger partial charge >= 0.3 is 0 Å². The highest BCUT2D eigenvalue weighted by molar-refractivity contribution is 9.10. The lowest BCUT2D eigenvalue weighted by Crippen LogP contribution is -2.41. The molecule has 1 aromatic heterocycles. The summed E-state index contributed by atoms with van der Waals surface area (Å²) in [6.07, 6.45) is 1.66. The maximum absolute atomic E-state index is 12.6.